The molecule has 3 aromatic rings. The molecule has 3 aromatic heterocycles. The molecule has 0 radical (unpaired) electrons. The lowest BCUT2D eigenvalue weighted by molar-refractivity contribution is -0.141. The SMILES string of the molecule is C=CC(=O)N[C@H]1C[C@@H](C(=O)N2CCC(n3cc(-c4cc(OC)c5c(C#N)cnn5c4)cn3)CC2)C1. The molecule has 2 amide bonds. The van der Waals surface area contributed by atoms with Crippen LogP contribution in [0.5, 0.6) is 5.75 Å². The van der Waals surface area contributed by atoms with E-state index in [2.05, 4.69) is 28.2 Å². The number of aromatic nitrogens is 4. The number of nitriles is 1. The number of carbonyl (C=O) groups is 2. The first-order chi connectivity index (χ1) is 17.0. The van der Waals surface area contributed by atoms with E-state index in [1.807, 2.05) is 34.2 Å². The van der Waals surface area contributed by atoms with Crippen molar-refractivity contribution in [2.75, 3.05) is 20.2 Å². The predicted octanol–water partition coefficient (Wildman–Crippen LogP) is 2.32. The van der Waals surface area contributed by atoms with Gasteiger partial charge in [0.2, 0.25) is 11.8 Å². The number of hydrogen-bond acceptors (Lipinski definition) is 6. The van der Waals surface area contributed by atoms with Crippen LogP contribution in [0.1, 0.15) is 37.3 Å². The van der Waals surface area contributed by atoms with Crippen LogP contribution < -0.4 is 10.1 Å². The highest BCUT2D eigenvalue weighted by Crippen LogP contribution is 2.33. The van der Waals surface area contributed by atoms with Crippen molar-refractivity contribution in [3.8, 4) is 22.9 Å². The van der Waals surface area contributed by atoms with Gasteiger partial charge in [-0.15, -0.1) is 0 Å². The van der Waals surface area contributed by atoms with Gasteiger partial charge < -0.3 is 15.0 Å². The molecule has 1 saturated heterocycles. The average molecular weight is 474 g/mol. The third kappa shape index (κ3) is 4.25. The molecule has 1 N–H and O–H groups in total. The van der Waals surface area contributed by atoms with Crippen LogP contribution in [-0.4, -0.2) is 62.3 Å². The molecule has 35 heavy (non-hydrogen) atoms. The van der Waals surface area contributed by atoms with Crippen LogP contribution in [0.15, 0.2) is 43.5 Å². The zero-order valence-electron chi connectivity index (χ0n) is 19.6. The molecule has 0 unspecified atom stereocenters. The van der Waals surface area contributed by atoms with Gasteiger partial charge in [-0.25, -0.2) is 4.52 Å². The Balaban J connectivity index is 1.21. The molecule has 0 aromatic carbocycles. The summed E-state index contributed by atoms with van der Waals surface area (Å²) in [5, 5.41) is 21.0. The lowest BCUT2D eigenvalue weighted by Gasteiger charge is -2.40. The fourth-order valence-electron chi connectivity index (χ4n) is 4.97. The molecule has 2 aliphatic rings. The van der Waals surface area contributed by atoms with E-state index in [1.165, 1.54) is 12.3 Å². The molecule has 10 nitrogen and oxygen atoms in total. The fourth-order valence-corrected chi connectivity index (χ4v) is 4.97. The molecular formula is C25H27N7O3. The van der Waals surface area contributed by atoms with Gasteiger partial charge in [0, 0.05) is 48.6 Å². The van der Waals surface area contributed by atoms with Crippen molar-refractivity contribution in [3.05, 3.63) is 49.1 Å². The van der Waals surface area contributed by atoms with Crippen LogP contribution in [0.3, 0.4) is 0 Å². The molecule has 0 spiro atoms. The van der Waals surface area contributed by atoms with Crippen LogP contribution in [0, 0.1) is 17.2 Å². The Labute approximate surface area is 202 Å². The second-order valence-corrected chi connectivity index (χ2v) is 9.10. The molecule has 0 atom stereocenters. The van der Waals surface area contributed by atoms with Crippen LogP contribution in [0.4, 0.5) is 0 Å². The number of piperidine rings is 1. The van der Waals surface area contributed by atoms with Crippen molar-refractivity contribution >= 4 is 17.3 Å². The van der Waals surface area contributed by atoms with Crippen LogP contribution >= 0.6 is 0 Å². The summed E-state index contributed by atoms with van der Waals surface area (Å²) < 4.78 is 9.14. The summed E-state index contributed by atoms with van der Waals surface area (Å²) in [6.07, 6.45) is 11.5. The molecule has 180 valence electrons. The van der Waals surface area contributed by atoms with Crippen molar-refractivity contribution in [3.63, 3.8) is 0 Å². The lowest BCUT2D eigenvalue weighted by Crippen LogP contribution is -2.51. The van der Waals surface area contributed by atoms with Gasteiger partial charge in [0.15, 0.2) is 0 Å². The van der Waals surface area contributed by atoms with E-state index < -0.39 is 0 Å². The Bertz CT molecular complexity index is 1320. The second-order valence-electron chi connectivity index (χ2n) is 9.10. The Kier molecular flexibility index (Phi) is 5.99. The highest BCUT2D eigenvalue weighted by atomic mass is 16.5. The number of rotatable bonds is 6. The normalized spacial score (nSPS) is 20.2. The highest BCUT2D eigenvalue weighted by molar-refractivity contribution is 5.87. The van der Waals surface area contributed by atoms with Gasteiger partial charge in [-0.05, 0) is 37.8 Å². The summed E-state index contributed by atoms with van der Waals surface area (Å²) in [5.41, 5.74) is 2.93. The largest absolute Gasteiger partial charge is 0.494 e. The van der Waals surface area contributed by atoms with E-state index in [4.69, 9.17) is 4.74 Å². The summed E-state index contributed by atoms with van der Waals surface area (Å²) in [4.78, 5) is 26.2. The first kappa shape index (κ1) is 22.7. The van der Waals surface area contributed by atoms with Gasteiger partial charge in [0.1, 0.15) is 22.9 Å². The van der Waals surface area contributed by atoms with Gasteiger partial charge in [-0.3, -0.25) is 14.3 Å². The summed E-state index contributed by atoms with van der Waals surface area (Å²) >= 11 is 0. The molecule has 5 rings (SSSR count). The number of methoxy groups -OCH3 is 1. The summed E-state index contributed by atoms with van der Waals surface area (Å²) in [7, 11) is 1.58. The van der Waals surface area contributed by atoms with Crippen LogP contribution in [0.2, 0.25) is 0 Å². The van der Waals surface area contributed by atoms with E-state index in [0.717, 1.165) is 24.0 Å². The first-order valence-corrected chi connectivity index (χ1v) is 11.7. The summed E-state index contributed by atoms with van der Waals surface area (Å²) in [6.45, 7) is 4.85. The number of hydrogen-bond donors (Lipinski definition) is 1. The van der Waals surface area contributed by atoms with E-state index in [-0.39, 0.29) is 29.8 Å². The zero-order valence-corrected chi connectivity index (χ0v) is 19.6. The number of likely N-dealkylation sites (tertiary alicyclic amines) is 1. The smallest absolute Gasteiger partial charge is 0.243 e. The molecule has 2 fully saturated rings. The Hall–Kier alpha value is -4.13. The molecule has 1 aliphatic heterocycles. The predicted molar refractivity (Wildman–Crippen MR) is 127 cm³/mol. The van der Waals surface area contributed by atoms with Gasteiger partial charge in [-0.2, -0.15) is 15.5 Å². The number of amides is 2. The minimum atomic E-state index is -0.185. The first-order valence-electron chi connectivity index (χ1n) is 11.7. The second kappa shape index (κ2) is 9.25. The molecular weight excluding hydrogens is 446 g/mol. The minimum Gasteiger partial charge on any atom is -0.494 e. The van der Waals surface area contributed by atoms with Gasteiger partial charge in [0.25, 0.3) is 0 Å². The van der Waals surface area contributed by atoms with Crippen molar-refractivity contribution < 1.29 is 14.3 Å². The number of nitrogens with one attached hydrogen (secondary N) is 1. The maximum absolute atomic E-state index is 12.8. The third-order valence-corrected chi connectivity index (χ3v) is 7.02. The number of ether oxygens (including phenoxy) is 1. The van der Waals surface area contributed by atoms with E-state index >= 15 is 0 Å². The molecule has 1 saturated carbocycles. The number of pyridine rings is 1. The number of fused-ring (bicyclic) bond motifs is 1. The van der Waals surface area contributed by atoms with Gasteiger partial charge in [-0.1, -0.05) is 6.58 Å². The summed E-state index contributed by atoms with van der Waals surface area (Å²) in [6, 6.07) is 4.32. The van der Waals surface area contributed by atoms with Gasteiger partial charge in [0.05, 0.1) is 25.5 Å². The van der Waals surface area contributed by atoms with Gasteiger partial charge >= 0.3 is 0 Å². The Morgan fingerprint density at radius 1 is 1.20 bits per heavy atom. The number of nitrogens with zero attached hydrogens (tertiary/aromatic N) is 6. The Morgan fingerprint density at radius 3 is 2.66 bits per heavy atom. The third-order valence-electron chi connectivity index (χ3n) is 7.02. The van der Waals surface area contributed by atoms with E-state index in [9.17, 15) is 14.9 Å². The maximum Gasteiger partial charge on any atom is 0.243 e. The van der Waals surface area contributed by atoms with Crippen molar-refractivity contribution in [1.82, 2.24) is 29.6 Å². The number of carbonyl (C=O) groups excluding carboxylic acids is 2. The van der Waals surface area contributed by atoms with Crippen molar-refractivity contribution in [2.24, 2.45) is 5.92 Å². The molecule has 0 bridgehead atoms. The average Bonchev–Trinajstić information content (AvgIpc) is 3.52. The highest BCUT2D eigenvalue weighted by Gasteiger charge is 2.38. The van der Waals surface area contributed by atoms with Crippen LogP contribution in [-0.2, 0) is 9.59 Å². The quantitative estimate of drug-likeness (QED) is 0.549. The molecule has 1 aliphatic carbocycles. The lowest BCUT2D eigenvalue weighted by atomic mass is 9.79. The monoisotopic (exact) mass is 473 g/mol. The van der Waals surface area contributed by atoms with Crippen molar-refractivity contribution in [1.29, 1.82) is 5.26 Å². The van der Waals surface area contributed by atoms with E-state index in [1.54, 1.807) is 11.6 Å². The molecule has 4 heterocycles. The van der Waals surface area contributed by atoms with Crippen molar-refractivity contribution in [2.45, 2.75) is 37.8 Å². The minimum absolute atomic E-state index is 0.00767. The molecule has 10 heteroatoms. The van der Waals surface area contributed by atoms with Crippen LogP contribution in [0.25, 0.3) is 16.6 Å². The topological polar surface area (TPSA) is 118 Å². The Morgan fingerprint density at radius 2 is 1.97 bits per heavy atom. The van der Waals surface area contributed by atoms with E-state index in [0.29, 0.717) is 42.8 Å². The fraction of sp³-hybridized carbons (Fsp3) is 0.400. The zero-order chi connectivity index (χ0) is 24.5. The standard InChI is InChI=1S/C25H27N7O3/c1-3-23(33)29-20-8-16(9-20)25(34)30-6-4-21(5-7-30)31-15-19(13-27-31)17-10-22(35-2)24-18(11-26)12-28-32(24)14-17/h3,10,12-16,20-21H,1,4-9H2,2H3,(H,29,33)/t16-,20+. The maximum atomic E-state index is 12.8. The summed E-state index contributed by atoms with van der Waals surface area (Å²) in [5.74, 6) is 0.574.